The maximum absolute atomic E-state index is 6.25. The lowest BCUT2D eigenvalue weighted by atomic mass is 10.2. The van der Waals surface area contributed by atoms with Crippen LogP contribution < -0.4 is 20.1 Å². The molecule has 0 spiro atoms. The summed E-state index contributed by atoms with van der Waals surface area (Å²) in [5, 5.41) is 7.06. The molecule has 1 aromatic rings. The Morgan fingerprint density at radius 2 is 2.17 bits per heavy atom. The van der Waals surface area contributed by atoms with Crippen LogP contribution in [-0.4, -0.2) is 45.5 Å². The summed E-state index contributed by atoms with van der Waals surface area (Å²) in [7, 11) is 1.68. The molecule has 0 fully saturated rings. The molecule has 0 saturated heterocycles. The minimum Gasteiger partial charge on any atom is -0.486 e. The van der Waals surface area contributed by atoms with E-state index in [9.17, 15) is 0 Å². The number of benzene rings is 1. The van der Waals surface area contributed by atoms with Crippen molar-refractivity contribution in [3.63, 3.8) is 0 Å². The molecule has 0 amide bonds. The van der Waals surface area contributed by atoms with Crippen LogP contribution in [0.3, 0.4) is 0 Å². The van der Waals surface area contributed by atoms with Gasteiger partial charge in [0.05, 0.1) is 18.2 Å². The van der Waals surface area contributed by atoms with Crippen molar-refractivity contribution in [3.05, 3.63) is 22.7 Å². The lowest BCUT2D eigenvalue weighted by Gasteiger charge is -2.20. The number of nitrogens with one attached hydrogen (secondary N) is 2. The van der Waals surface area contributed by atoms with E-state index in [-0.39, 0.29) is 6.04 Å². The largest absolute Gasteiger partial charge is 0.486 e. The molecule has 128 valence electrons. The fourth-order valence-corrected chi connectivity index (χ4v) is 2.56. The fourth-order valence-electron chi connectivity index (χ4n) is 2.27. The lowest BCUT2D eigenvalue weighted by molar-refractivity contribution is 0.171. The molecule has 0 radical (unpaired) electrons. The molecule has 1 aromatic carbocycles. The molecule has 7 heteroatoms. The zero-order valence-corrected chi connectivity index (χ0v) is 14.6. The van der Waals surface area contributed by atoms with Gasteiger partial charge in [0.25, 0.3) is 0 Å². The van der Waals surface area contributed by atoms with Crippen molar-refractivity contribution in [1.29, 1.82) is 0 Å². The van der Waals surface area contributed by atoms with E-state index in [0.29, 0.717) is 42.9 Å². The van der Waals surface area contributed by atoms with Crippen LogP contribution >= 0.6 is 11.6 Å². The Morgan fingerprint density at radius 1 is 1.39 bits per heavy atom. The van der Waals surface area contributed by atoms with Crippen molar-refractivity contribution in [2.75, 3.05) is 33.5 Å². The van der Waals surface area contributed by atoms with Gasteiger partial charge in [0.15, 0.2) is 17.5 Å². The van der Waals surface area contributed by atoms with Crippen LogP contribution in [-0.2, 0) is 11.3 Å². The van der Waals surface area contributed by atoms with E-state index in [1.165, 1.54) is 0 Å². The quantitative estimate of drug-likeness (QED) is 0.613. The van der Waals surface area contributed by atoms with Crippen LogP contribution in [0.25, 0.3) is 0 Å². The average Bonchev–Trinajstić information content (AvgIpc) is 2.53. The molecule has 0 aliphatic carbocycles. The third kappa shape index (κ3) is 5.18. The van der Waals surface area contributed by atoms with Crippen molar-refractivity contribution in [3.8, 4) is 11.5 Å². The Bertz CT molecular complexity index is 552. The van der Waals surface area contributed by atoms with E-state index in [1.54, 1.807) is 7.11 Å². The van der Waals surface area contributed by atoms with E-state index in [1.807, 2.05) is 26.0 Å². The molecule has 1 heterocycles. The number of hydrogen-bond acceptors (Lipinski definition) is 4. The first-order chi connectivity index (χ1) is 11.1. The number of hydrogen-bond donors (Lipinski definition) is 2. The number of ether oxygens (including phenoxy) is 3. The number of rotatable bonds is 6. The molecule has 1 aliphatic rings. The fraction of sp³-hybridized carbons (Fsp3) is 0.562. The normalized spacial score (nSPS) is 15.2. The van der Waals surface area contributed by atoms with Gasteiger partial charge in [-0.25, -0.2) is 4.99 Å². The Hall–Kier alpha value is -1.66. The Kier molecular flexibility index (Phi) is 6.80. The lowest BCUT2D eigenvalue weighted by Crippen LogP contribution is -2.43. The molecular weight excluding hydrogens is 318 g/mol. The molecule has 0 bridgehead atoms. The Balaban J connectivity index is 2.07. The van der Waals surface area contributed by atoms with Crippen molar-refractivity contribution in [2.24, 2.45) is 4.99 Å². The second-order valence-electron chi connectivity index (χ2n) is 5.30. The SMILES string of the molecule is CCNC(=NCc1cc(Cl)c2c(c1)OCCO2)NC(C)COC. The van der Waals surface area contributed by atoms with Crippen LogP contribution in [0.2, 0.25) is 5.02 Å². The summed E-state index contributed by atoms with van der Waals surface area (Å²) in [6, 6.07) is 3.95. The van der Waals surface area contributed by atoms with Crippen LogP contribution in [0, 0.1) is 0 Å². The summed E-state index contributed by atoms with van der Waals surface area (Å²) >= 11 is 6.25. The van der Waals surface area contributed by atoms with Crippen molar-refractivity contribution >= 4 is 17.6 Å². The number of aliphatic imine (C=N–C) groups is 1. The van der Waals surface area contributed by atoms with Gasteiger partial charge < -0.3 is 24.8 Å². The summed E-state index contributed by atoms with van der Waals surface area (Å²) in [5.41, 5.74) is 0.968. The topological polar surface area (TPSA) is 64.1 Å². The number of nitrogens with zero attached hydrogens (tertiary/aromatic N) is 1. The molecule has 6 nitrogen and oxygen atoms in total. The molecule has 1 unspecified atom stereocenters. The zero-order valence-electron chi connectivity index (χ0n) is 13.8. The van der Waals surface area contributed by atoms with E-state index in [2.05, 4.69) is 15.6 Å². The molecule has 2 N–H and O–H groups in total. The van der Waals surface area contributed by atoms with E-state index >= 15 is 0 Å². The number of fused-ring (bicyclic) bond motifs is 1. The first-order valence-electron chi connectivity index (χ1n) is 7.75. The standard InChI is InChI=1S/C16H24ClN3O3/c1-4-18-16(20-11(2)10-21-3)19-9-12-7-13(17)15-14(8-12)22-5-6-23-15/h7-8,11H,4-6,9-10H2,1-3H3,(H2,18,19,20). The number of guanidine groups is 1. The second kappa shape index (κ2) is 8.84. The van der Waals surface area contributed by atoms with Gasteiger partial charge in [-0.2, -0.15) is 0 Å². The zero-order chi connectivity index (χ0) is 16.7. The van der Waals surface area contributed by atoms with Gasteiger partial charge in [-0.1, -0.05) is 11.6 Å². The first-order valence-corrected chi connectivity index (χ1v) is 8.13. The van der Waals surface area contributed by atoms with Gasteiger partial charge in [-0.3, -0.25) is 0 Å². The Morgan fingerprint density at radius 3 is 2.91 bits per heavy atom. The molecule has 1 aliphatic heterocycles. The highest BCUT2D eigenvalue weighted by Crippen LogP contribution is 2.38. The van der Waals surface area contributed by atoms with Crippen molar-refractivity contribution in [1.82, 2.24) is 10.6 Å². The molecule has 2 rings (SSSR count). The summed E-state index contributed by atoms with van der Waals surface area (Å²) in [6.45, 7) is 7.01. The predicted octanol–water partition coefficient (Wildman–Crippen LogP) is 2.20. The van der Waals surface area contributed by atoms with Gasteiger partial charge in [0.2, 0.25) is 0 Å². The highest BCUT2D eigenvalue weighted by atomic mass is 35.5. The summed E-state index contributed by atoms with van der Waals surface area (Å²) in [4.78, 5) is 4.58. The monoisotopic (exact) mass is 341 g/mol. The van der Waals surface area contributed by atoms with Gasteiger partial charge in [-0.05, 0) is 31.5 Å². The maximum atomic E-state index is 6.25. The van der Waals surface area contributed by atoms with Crippen molar-refractivity contribution in [2.45, 2.75) is 26.4 Å². The van der Waals surface area contributed by atoms with E-state index < -0.39 is 0 Å². The van der Waals surface area contributed by atoms with E-state index in [0.717, 1.165) is 18.1 Å². The Labute approximate surface area is 142 Å². The molecule has 23 heavy (non-hydrogen) atoms. The number of methoxy groups -OCH3 is 1. The van der Waals surface area contributed by atoms with Crippen LogP contribution in [0.15, 0.2) is 17.1 Å². The highest BCUT2D eigenvalue weighted by molar-refractivity contribution is 6.32. The third-order valence-electron chi connectivity index (χ3n) is 3.22. The van der Waals surface area contributed by atoms with Gasteiger partial charge in [-0.15, -0.1) is 0 Å². The second-order valence-corrected chi connectivity index (χ2v) is 5.70. The molecule has 1 atom stereocenters. The van der Waals surface area contributed by atoms with Gasteiger partial charge >= 0.3 is 0 Å². The molecule has 0 aromatic heterocycles. The highest BCUT2D eigenvalue weighted by Gasteiger charge is 2.16. The van der Waals surface area contributed by atoms with Crippen molar-refractivity contribution < 1.29 is 14.2 Å². The van der Waals surface area contributed by atoms with Crippen LogP contribution in [0.4, 0.5) is 0 Å². The number of halogens is 1. The predicted molar refractivity (Wildman–Crippen MR) is 91.7 cm³/mol. The van der Waals surface area contributed by atoms with Crippen LogP contribution in [0.1, 0.15) is 19.4 Å². The first kappa shape index (κ1) is 17.7. The van der Waals surface area contributed by atoms with E-state index in [4.69, 9.17) is 25.8 Å². The maximum Gasteiger partial charge on any atom is 0.191 e. The molecular formula is C16H24ClN3O3. The minimum atomic E-state index is 0.168. The minimum absolute atomic E-state index is 0.168. The summed E-state index contributed by atoms with van der Waals surface area (Å²) in [6.07, 6.45) is 0. The third-order valence-corrected chi connectivity index (χ3v) is 3.50. The smallest absolute Gasteiger partial charge is 0.191 e. The average molecular weight is 342 g/mol. The summed E-state index contributed by atoms with van der Waals surface area (Å²) in [5.74, 6) is 2.03. The summed E-state index contributed by atoms with van der Waals surface area (Å²) < 4.78 is 16.2. The molecule has 0 saturated carbocycles. The van der Waals surface area contributed by atoms with Crippen LogP contribution in [0.5, 0.6) is 11.5 Å². The van der Waals surface area contributed by atoms with Gasteiger partial charge in [0.1, 0.15) is 13.2 Å². The van der Waals surface area contributed by atoms with Gasteiger partial charge in [0, 0.05) is 19.7 Å².